The molecule has 1 saturated carbocycles. The maximum atomic E-state index is 12.0. The molecule has 5 nitrogen and oxygen atoms in total. The van der Waals surface area contributed by atoms with Crippen LogP contribution in [0.3, 0.4) is 0 Å². The van der Waals surface area contributed by atoms with Crippen molar-refractivity contribution >= 4 is 11.7 Å². The second-order valence-corrected chi connectivity index (χ2v) is 6.20. The Hall–Kier alpha value is -1.62. The summed E-state index contributed by atoms with van der Waals surface area (Å²) in [5.41, 5.74) is 0.611. The van der Waals surface area contributed by atoms with Crippen LogP contribution in [0.2, 0.25) is 0 Å². The van der Waals surface area contributed by atoms with Gasteiger partial charge in [0.15, 0.2) is 0 Å². The van der Waals surface area contributed by atoms with Crippen LogP contribution in [-0.2, 0) is 0 Å². The molecular weight excluding hydrogens is 276 g/mol. The topological polar surface area (TPSA) is 57.3 Å². The average molecular weight is 304 g/mol. The molecule has 122 valence electrons. The van der Waals surface area contributed by atoms with Crippen LogP contribution in [0.15, 0.2) is 18.3 Å². The predicted molar refractivity (Wildman–Crippen MR) is 90.4 cm³/mol. The number of carbonyl (C=O) groups is 1. The Labute approximate surface area is 133 Å². The third-order valence-corrected chi connectivity index (χ3v) is 4.17. The van der Waals surface area contributed by atoms with Gasteiger partial charge in [0.2, 0.25) is 0 Å². The first-order valence-corrected chi connectivity index (χ1v) is 8.32. The van der Waals surface area contributed by atoms with Gasteiger partial charge in [-0.3, -0.25) is 4.79 Å². The minimum atomic E-state index is -0.0551. The first kappa shape index (κ1) is 16.7. The lowest BCUT2D eigenvalue weighted by Gasteiger charge is -2.16. The highest BCUT2D eigenvalue weighted by Crippen LogP contribution is 2.16. The Morgan fingerprint density at radius 3 is 2.50 bits per heavy atom. The second kappa shape index (κ2) is 8.73. The van der Waals surface area contributed by atoms with Gasteiger partial charge in [-0.15, -0.1) is 0 Å². The molecule has 22 heavy (non-hydrogen) atoms. The van der Waals surface area contributed by atoms with E-state index in [0.717, 1.165) is 12.4 Å². The zero-order chi connectivity index (χ0) is 15.8. The van der Waals surface area contributed by atoms with Gasteiger partial charge in [-0.05, 0) is 25.0 Å². The van der Waals surface area contributed by atoms with Crippen molar-refractivity contribution in [3.05, 3.63) is 23.9 Å². The second-order valence-electron chi connectivity index (χ2n) is 6.20. The Morgan fingerprint density at radius 2 is 1.91 bits per heavy atom. The van der Waals surface area contributed by atoms with E-state index in [9.17, 15) is 4.79 Å². The number of pyridine rings is 1. The van der Waals surface area contributed by atoms with Gasteiger partial charge in [0.1, 0.15) is 5.82 Å². The molecule has 2 N–H and O–H groups in total. The van der Waals surface area contributed by atoms with E-state index in [2.05, 4.69) is 15.6 Å². The summed E-state index contributed by atoms with van der Waals surface area (Å²) in [7, 11) is 3.86. The maximum Gasteiger partial charge on any atom is 0.252 e. The standard InChI is InChI=1S/C17H28N4O/c1-21(2)16-10-9-14(13-20-16)17(22)19-12-11-18-15-7-5-3-4-6-8-15/h9-10,13,15,18H,3-8,11-12H2,1-2H3,(H,19,22). The monoisotopic (exact) mass is 304 g/mol. The third-order valence-electron chi connectivity index (χ3n) is 4.17. The first-order valence-electron chi connectivity index (χ1n) is 8.32. The molecule has 0 bridgehead atoms. The predicted octanol–water partition coefficient (Wildman–Crippen LogP) is 2.19. The highest BCUT2D eigenvalue weighted by molar-refractivity contribution is 5.94. The number of hydrogen-bond acceptors (Lipinski definition) is 4. The molecule has 1 aromatic heterocycles. The number of anilines is 1. The van der Waals surface area contributed by atoms with Crippen molar-refractivity contribution in [1.29, 1.82) is 0 Å². The number of amides is 1. The Bertz CT molecular complexity index is 450. The van der Waals surface area contributed by atoms with Crippen molar-refractivity contribution in [2.45, 2.75) is 44.6 Å². The fraction of sp³-hybridized carbons (Fsp3) is 0.647. The van der Waals surface area contributed by atoms with Crippen molar-refractivity contribution in [3.63, 3.8) is 0 Å². The van der Waals surface area contributed by atoms with Crippen LogP contribution in [0.1, 0.15) is 48.9 Å². The minimum Gasteiger partial charge on any atom is -0.363 e. The molecule has 1 aromatic rings. The molecule has 0 radical (unpaired) electrons. The van der Waals surface area contributed by atoms with Gasteiger partial charge in [-0.25, -0.2) is 4.98 Å². The fourth-order valence-electron chi connectivity index (χ4n) is 2.82. The SMILES string of the molecule is CN(C)c1ccc(C(=O)NCCNC2CCCCCC2)cn1. The summed E-state index contributed by atoms with van der Waals surface area (Å²) in [6.45, 7) is 1.49. The zero-order valence-electron chi connectivity index (χ0n) is 13.8. The van der Waals surface area contributed by atoms with Crippen molar-refractivity contribution in [2.75, 3.05) is 32.1 Å². The van der Waals surface area contributed by atoms with Gasteiger partial charge >= 0.3 is 0 Å². The number of rotatable bonds is 6. The molecule has 1 heterocycles. The van der Waals surface area contributed by atoms with Crippen LogP contribution in [-0.4, -0.2) is 44.1 Å². The number of nitrogens with zero attached hydrogens (tertiary/aromatic N) is 2. The van der Waals surface area contributed by atoms with Crippen molar-refractivity contribution in [3.8, 4) is 0 Å². The molecule has 0 unspecified atom stereocenters. The summed E-state index contributed by atoms with van der Waals surface area (Å²) in [5, 5.41) is 6.50. The summed E-state index contributed by atoms with van der Waals surface area (Å²) in [4.78, 5) is 18.2. The van der Waals surface area contributed by atoms with E-state index in [1.54, 1.807) is 6.20 Å². The molecule has 0 aromatic carbocycles. The van der Waals surface area contributed by atoms with Gasteiger partial charge in [0, 0.05) is 39.4 Å². The van der Waals surface area contributed by atoms with E-state index in [-0.39, 0.29) is 5.91 Å². The van der Waals surface area contributed by atoms with Crippen LogP contribution >= 0.6 is 0 Å². The highest BCUT2D eigenvalue weighted by Gasteiger charge is 2.11. The van der Waals surface area contributed by atoms with Gasteiger partial charge in [-0.2, -0.15) is 0 Å². The molecular formula is C17H28N4O. The highest BCUT2D eigenvalue weighted by atomic mass is 16.1. The molecule has 5 heteroatoms. The van der Waals surface area contributed by atoms with Crippen molar-refractivity contribution in [2.24, 2.45) is 0 Å². The van der Waals surface area contributed by atoms with Crippen LogP contribution in [0, 0.1) is 0 Å². The summed E-state index contributed by atoms with van der Waals surface area (Å²) in [6.07, 6.45) is 9.55. The summed E-state index contributed by atoms with van der Waals surface area (Å²) in [6, 6.07) is 4.30. The Kier molecular flexibility index (Phi) is 6.65. The largest absolute Gasteiger partial charge is 0.363 e. The zero-order valence-corrected chi connectivity index (χ0v) is 13.8. The normalized spacial score (nSPS) is 16.1. The van der Waals surface area contributed by atoms with Gasteiger partial charge in [-0.1, -0.05) is 25.7 Å². The molecule has 2 rings (SSSR count). The molecule has 0 atom stereocenters. The minimum absolute atomic E-state index is 0.0551. The van der Waals surface area contributed by atoms with Crippen LogP contribution < -0.4 is 15.5 Å². The smallest absolute Gasteiger partial charge is 0.252 e. The molecule has 1 amide bonds. The summed E-state index contributed by atoms with van der Waals surface area (Å²) < 4.78 is 0. The summed E-state index contributed by atoms with van der Waals surface area (Å²) >= 11 is 0. The van der Waals surface area contributed by atoms with E-state index in [4.69, 9.17) is 0 Å². The number of carbonyl (C=O) groups excluding carboxylic acids is 1. The van der Waals surface area contributed by atoms with Crippen LogP contribution in [0.5, 0.6) is 0 Å². The van der Waals surface area contributed by atoms with Gasteiger partial charge < -0.3 is 15.5 Å². The lowest BCUT2D eigenvalue weighted by atomic mass is 10.1. The fourth-order valence-corrected chi connectivity index (χ4v) is 2.82. The van der Waals surface area contributed by atoms with E-state index in [1.807, 2.05) is 31.1 Å². The lowest BCUT2D eigenvalue weighted by molar-refractivity contribution is 0.0953. The van der Waals surface area contributed by atoms with E-state index < -0.39 is 0 Å². The van der Waals surface area contributed by atoms with Crippen molar-refractivity contribution in [1.82, 2.24) is 15.6 Å². The quantitative estimate of drug-likeness (QED) is 0.625. The summed E-state index contributed by atoms with van der Waals surface area (Å²) in [5.74, 6) is 0.798. The van der Waals surface area contributed by atoms with E-state index in [1.165, 1.54) is 38.5 Å². The molecule has 0 spiro atoms. The van der Waals surface area contributed by atoms with Crippen LogP contribution in [0.25, 0.3) is 0 Å². The van der Waals surface area contributed by atoms with Gasteiger partial charge in [0.05, 0.1) is 5.56 Å². The molecule has 1 aliphatic rings. The lowest BCUT2D eigenvalue weighted by Crippen LogP contribution is -2.36. The molecule has 0 saturated heterocycles. The Morgan fingerprint density at radius 1 is 1.18 bits per heavy atom. The average Bonchev–Trinajstić information content (AvgIpc) is 2.80. The third kappa shape index (κ3) is 5.30. The van der Waals surface area contributed by atoms with E-state index in [0.29, 0.717) is 18.2 Å². The number of hydrogen-bond donors (Lipinski definition) is 2. The number of nitrogens with one attached hydrogen (secondary N) is 2. The van der Waals surface area contributed by atoms with Gasteiger partial charge in [0.25, 0.3) is 5.91 Å². The molecule has 0 aliphatic heterocycles. The maximum absolute atomic E-state index is 12.0. The molecule has 1 fully saturated rings. The first-order chi connectivity index (χ1) is 10.7. The van der Waals surface area contributed by atoms with Crippen LogP contribution in [0.4, 0.5) is 5.82 Å². The number of aromatic nitrogens is 1. The van der Waals surface area contributed by atoms with Crippen molar-refractivity contribution < 1.29 is 4.79 Å². The molecule has 1 aliphatic carbocycles. The van der Waals surface area contributed by atoms with E-state index >= 15 is 0 Å². The Balaban J connectivity index is 1.68.